The molecule has 0 unspecified atom stereocenters. The summed E-state index contributed by atoms with van der Waals surface area (Å²) in [5.74, 6) is 1.73. The van der Waals surface area contributed by atoms with Gasteiger partial charge in [0.15, 0.2) is 0 Å². The van der Waals surface area contributed by atoms with Crippen molar-refractivity contribution in [2.75, 3.05) is 18.5 Å². The summed E-state index contributed by atoms with van der Waals surface area (Å²) in [6.45, 7) is 3.44. The number of aryl methyl sites for hydroxylation is 1. The Bertz CT molecular complexity index is 444. The summed E-state index contributed by atoms with van der Waals surface area (Å²) in [4.78, 5) is 4.22. The van der Waals surface area contributed by atoms with E-state index in [1.165, 1.54) is 11.5 Å². The Labute approximate surface area is 105 Å². The SMILES string of the molecule is Cc1nsc(NCCCOc2ccccc2)n1. The van der Waals surface area contributed by atoms with Gasteiger partial charge in [0.05, 0.1) is 6.61 Å². The molecule has 0 fully saturated rings. The van der Waals surface area contributed by atoms with Crippen LogP contribution in [0.15, 0.2) is 30.3 Å². The van der Waals surface area contributed by atoms with Crippen molar-refractivity contribution in [3.05, 3.63) is 36.2 Å². The van der Waals surface area contributed by atoms with Crippen LogP contribution in [0, 0.1) is 6.92 Å². The van der Waals surface area contributed by atoms with E-state index in [-0.39, 0.29) is 0 Å². The van der Waals surface area contributed by atoms with Gasteiger partial charge in [-0.15, -0.1) is 0 Å². The number of para-hydroxylation sites is 1. The molecular formula is C12H15N3OS. The fraction of sp³-hybridized carbons (Fsp3) is 0.333. The minimum absolute atomic E-state index is 0.703. The maximum Gasteiger partial charge on any atom is 0.202 e. The molecule has 4 nitrogen and oxygen atoms in total. The molecule has 0 saturated carbocycles. The maximum atomic E-state index is 5.58. The van der Waals surface area contributed by atoms with Crippen molar-refractivity contribution >= 4 is 16.7 Å². The minimum Gasteiger partial charge on any atom is -0.494 e. The first kappa shape index (κ1) is 11.9. The molecule has 0 aliphatic carbocycles. The lowest BCUT2D eigenvalue weighted by Gasteiger charge is -2.05. The smallest absolute Gasteiger partial charge is 0.202 e. The summed E-state index contributed by atoms with van der Waals surface area (Å²) in [6.07, 6.45) is 0.938. The first-order chi connectivity index (χ1) is 8.34. The number of benzene rings is 1. The fourth-order valence-electron chi connectivity index (χ4n) is 1.34. The molecule has 1 heterocycles. The van der Waals surface area contributed by atoms with Gasteiger partial charge in [-0.3, -0.25) is 0 Å². The largest absolute Gasteiger partial charge is 0.494 e. The Morgan fingerprint density at radius 1 is 1.29 bits per heavy atom. The van der Waals surface area contributed by atoms with Gasteiger partial charge < -0.3 is 10.1 Å². The van der Waals surface area contributed by atoms with E-state index in [4.69, 9.17) is 4.74 Å². The summed E-state index contributed by atoms with van der Waals surface area (Å²) in [6, 6.07) is 9.84. The molecule has 0 bridgehead atoms. The standard InChI is InChI=1S/C12H15N3OS/c1-10-14-12(17-15-10)13-8-5-9-16-11-6-3-2-4-7-11/h2-4,6-7H,5,8-9H2,1H3,(H,13,14,15). The summed E-state index contributed by atoms with van der Waals surface area (Å²) < 4.78 is 9.68. The molecule has 0 aliphatic rings. The van der Waals surface area contributed by atoms with Crippen LogP contribution in [0.5, 0.6) is 5.75 Å². The number of ether oxygens (including phenoxy) is 1. The van der Waals surface area contributed by atoms with Crippen LogP contribution in [-0.2, 0) is 0 Å². The Hall–Kier alpha value is -1.62. The lowest BCUT2D eigenvalue weighted by molar-refractivity contribution is 0.315. The Morgan fingerprint density at radius 3 is 2.82 bits per heavy atom. The zero-order valence-electron chi connectivity index (χ0n) is 9.72. The lowest BCUT2D eigenvalue weighted by Crippen LogP contribution is -2.07. The second kappa shape index (κ2) is 6.20. The average molecular weight is 249 g/mol. The van der Waals surface area contributed by atoms with E-state index in [2.05, 4.69) is 14.7 Å². The third kappa shape index (κ3) is 4.03. The predicted octanol–water partition coefficient (Wildman–Crippen LogP) is 2.73. The number of aromatic nitrogens is 2. The first-order valence-electron chi connectivity index (χ1n) is 5.56. The van der Waals surface area contributed by atoms with Gasteiger partial charge in [-0.25, -0.2) is 4.98 Å². The number of rotatable bonds is 6. The van der Waals surface area contributed by atoms with Crippen LogP contribution < -0.4 is 10.1 Å². The average Bonchev–Trinajstić information content (AvgIpc) is 2.76. The molecule has 0 radical (unpaired) electrons. The second-order valence-electron chi connectivity index (χ2n) is 3.59. The summed E-state index contributed by atoms with van der Waals surface area (Å²) in [5.41, 5.74) is 0. The van der Waals surface area contributed by atoms with E-state index in [0.29, 0.717) is 6.61 Å². The van der Waals surface area contributed by atoms with E-state index >= 15 is 0 Å². The van der Waals surface area contributed by atoms with Crippen molar-refractivity contribution in [3.8, 4) is 5.75 Å². The molecule has 17 heavy (non-hydrogen) atoms. The van der Waals surface area contributed by atoms with Gasteiger partial charge >= 0.3 is 0 Å². The zero-order valence-corrected chi connectivity index (χ0v) is 10.5. The summed E-state index contributed by atoms with van der Waals surface area (Å²) in [7, 11) is 0. The summed E-state index contributed by atoms with van der Waals surface area (Å²) >= 11 is 1.39. The lowest BCUT2D eigenvalue weighted by atomic mass is 10.3. The van der Waals surface area contributed by atoms with Gasteiger partial charge in [-0.2, -0.15) is 4.37 Å². The maximum absolute atomic E-state index is 5.58. The van der Waals surface area contributed by atoms with Crippen molar-refractivity contribution in [1.29, 1.82) is 0 Å². The molecule has 0 spiro atoms. The minimum atomic E-state index is 0.703. The molecule has 1 aromatic carbocycles. The molecule has 5 heteroatoms. The van der Waals surface area contributed by atoms with Gasteiger partial charge in [-0.05, 0) is 25.5 Å². The highest BCUT2D eigenvalue weighted by molar-refractivity contribution is 7.09. The number of hydrogen-bond donors (Lipinski definition) is 1. The van der Waals surface area contributed by atoms with Gasteiger partial charge in [-0.1, -0.05) is 18.2 Å². The van der Waals surface area contributed by atoms with Crippen LogP contribution in [0.2, 0.25) is 0 Å². The van der Waals surface area contributed by atoms with Gasteiger partial charge in [0.1, 0.15) is 11.6 Å². The van der Waals surface area contributed by atoms with Crippen molar-refractivity contribution in [3.63, 3.8) is 0 Å². The van der Waals surface area contributed by atoms with E-state index < -0.39 is 0 Å². The number of hydrogen-bond acceptors (Lipinski definition) is 5. The van der Waals surface area contributed by atoms with Crippen molar-refractivity contribution < 1.29 is 4.74 Å². The fourth-order valence-corrected chi connectivity index (χ4v) is 1.94. The van der Waals surface area contributed by atoms with Crippen LogP contribution in [0.1, 0.15) is 12.2 Å². The van der Waals surface area contributed by atoms with E-state index in [0.717, 1.165) is 29.7 Å². The van der Waals surface area contributed by atoms with E-state index in [9.17, 15) is 0 Å². The number of nitrogens with one attached hydrogen (secondary N) is 1. The summed E-state index contributed by atoms with van der Waals surface area (Å²) in [5, 5.41) is 4.09. The van der Waals surface area contributed by atoms with E-state index in [1.807, 2.05) is 37.3 Å². The van der Waals surface area contributed by atoms with Crippen LogP contribution in [-0.4, -0.2) is 22.5 Å². The Kier molecular flexibility index (Phi) is 4.32. The van der Waals surface area contributed by atoms with Crippen molar-refractivity contribution in [1.82, 2.24) is 9.36 Å². The quantitative estimate of drug-likeness (QED) is 0.800. The molecule has 1 N–H and O–H groups in total. The van der Waals surface area contributed by atoms with Crippen LogP contribution in [0.3, 0.4) is 0 Å². The molecular weight excluding hydrogens is 234 g/mol. The Balaban J connectivity index is 1.61. The van der Waals surface area contributed by atoms with Gasteiger partial charge in [0, 0.05) is 18.1 Å². The molecule has 0 aliphatic heterocycles. The normalized spacial score (nSPS) is 10.2. The topological polar surface area (TPSA) is 47.0 Å². The molecule has 0 amide bonds. The third-order valence-electron chi connectivity index (χ3n) is 2.14. The molecule has 2 aromatic rings. The zero-order chi connectivity index (χ0) is 11.9. The highest BCUT2D eigenvalue weighted by Crippen LogP contribution is 2.10. The molecule has 0 saturated heterocycles. The second-order valence-corrected chi connectivity index (χ2v) is 4.34. The number of anilines is 1. The molecule has 2 rings (SSSR count). The van der Waals surface area contributed by atoms with Crippen molar-refractivity contribution in [2.45, 2.75) is 13.3 Å². The molecule has 90 valence electrons. The molecule has 1 aromatic heterocycles. The van der Waals surface area contributed by atoms with E-state index in [1.54, 1.807) is 0 Å². The number of nitrogens with zero attached hydrogens (tertiary/aromatic N) is 2. The van der Waals surface area contributed by atoms with Crippen LogP contribution >= 0.6 is 11.5 Å². The van der Waals surface area contributed by atoms with Crippen LogP contribution in [0.25, 0.3) is 0 Å². The third-order valence-corrected chi connectivity index (χ3v) is 2.90. The first-order valence-corrected chi connectivity index (χ1v) is 6.34. The monoisotopic (exact) mass is 249 g/mol. The van der Waals surface area contributed by atoms with Crippen LogP contribution in [0.4, 0.5) is 5.13 Å². The highest BCUT2D eigenvalue weighted by atomic mass is 32.1. The highest BCUT2D eigenvalue weighted by Gasteiger charge is 1.98. The predicted molar refractivity (Wildman–Crippen MR) is 69.7 cm³/mol. The van der Waals surface area contributed by atoms with Crippen molar-refractivity contribution in [2.24, 2.45) is 0 Å². The van der Waals surface area contributed by atoms with Gasteiger partial charge in [0.2, 0.25) is 5.13 Å². The van der Waals surface area contributed by atoms with Gasteiger partial charge in [0.25, 0.3) is 0 Å². The molecule has 0 atom stereocenters. The Morgan fingerprint density at radius 2 is 2.12 bits per heavy atom.